The summed E-state index contributed by atoms with van der Waals surface area (Å²) in [4.78, 5) is 11.1. The second kappa shape index (κ2) is 5.54. The number of nitrogens with one attached hydrogen (secondary N) is 2. The van der Waals surface area contributed by atoms with Gasteiger partial charge in [0, 0.05) is 13.2 Å². The van der Waals surface area contributed by atoms with E-state index in [4.69, 9.17) is 17.3 Å². The van der Waals surface area contributed by atoms with Gasteiger partial charge in [-0.2, -0.15) is 0 Å². The van der Waals surface area contributed by atoms with Crippen LogP contribution in [0.1, 0.15) is 6.42 Å². The Bertz CT molecular complexity index is 211. The fraction of sp³-hybridized carbons (Fsp3) is 0.714. The fourth-order valence-electron chi connectivity index (χ4n) is 0.965. The molecule has 6 heteroatoms. The van der Waals surface area contributed by atoms with E-state index in [0.29, 0.717) is 17.3 Å². The molecule has 0 saturated carbocycles. The maximum atomic E-state index is 11.1. The van der Waals surface area contributed by atoms with Gasteiger partial charge >= 0.3 is 0 Å². The lowest BCUT2D eigenvalue weighted by Crippen LogP contribution is -2.33. The van der Waals surface area contributed by atoms with E-state index >= 15 is 0 Å². The molecule has 1 heterocycles. The molecular formula is C7H12N2O2S2. The Balaban J connectivity index is 2.14. The first-order valence-corrected chi connectivity index (χ1v) is 5.36. The Morgan fingerprint density at radius 2 is 2.46 bits per heavy atom. The number of aliphatic hydroxyl groups is 1. The van der Waals surface area contributed by atoms with Crippen LogP contribution in [0.5, 0.6) is 0 Å². The molecule has 0 radical (unpaired) electrons. The zero-order valence-electron chi connectivity index (χ0n) is 7.08. The Hall–Kier alpha value is -0.170. The summed E-state index contributed by atoms with van der Waals surface area (Å²) in [6.45, 7) is 1.51. The lowest BCUT2D eigenvalue weighted by atomic mass is 10.3. The molecule has 74 valence electrons. The van der Waals surface area contributed by atoms with E-state index in [1.807, 2.05) is 0 Å². The second-order valence-electron chi connectivity index (χ2n) is 2.66. The quantitative estimate of drug-likeness (QED) is 0.430. The van der Waals surface area contributed by atoms with Gasteiger partial charge in [-0.05, 0) is 13.0 Å². The normalized spacial score (nSPS) is 22.1. The van der Waals surface area contributed by atoms with Crippen LogP contribution in [0.3, 0.4) is 0 Å². The second-order valence-corrected chi connectivity index (χ2v) is 4.54. The molecule has 0 bridgehead atoms. The topological polar surface area (TPSA) is 61.4 Å². The fourth-order valence-corrected chi connectivity index (χ4v) is 2.20. The van der Waals surface area contributed by atoms with Gasteiger partial charge in [-0.3, -0.25) is 4.79 Å². The first-order chi connectivity index (χ1) is 6.24. The highest BCUT2D eigenvalue weighted by Crippen LogP contribution is 2.17. The molecule has 0 spiro atoms. The Labute approximate surface area is 86.5 Å². The van der Waals surface area contributed by atoms with Gasteiger partial charge in [0.2, 0.25) is 5.91 Å². The molecule has 1 rings (SSSR count). The van der Waals surface area contributed by atoms with Crippen LogP contribution in [0.15, 0.2) is 0 Å². The number of thioether (sulfide) groups is 1. The number of carbonyl (C=O) groups excluding carboxylic acids is 1. The van der Waals surface area contributed by atoms with Crippen LogP contribution in [0.2, 0.25) is 0 Å². The van der Waals surface area contributed by atoms with Crippen molar-refractivity contribution >= 4 is 34.2 Å². The summed E-state index contributed by atoms with van der Waals surface area (Å²) in [6, 6.07) is 0. The summed E-state index contributed by atoms with van der Waals surface area (Å²) in [5.74, 6) is -0.0218. The molecule has 1 amide bonds. The van der Waals surface area contributed by atoms with Crippen LogP contribution in [-0.4, -0.2) is 40.3 Å². The van der Waals surface area contributed by atoms with Crippen LogP contribution in [0.25, 0.3) is 0 Å². The monoisotopic (exact) mass is 220 g/mol. The SMILES string of the molecule is O=C1NC(=S)SC1CNCCCO. The van der Waals surface area contributed by atoms with Gasteiger partial charge in [-0.1, -0.05) is 24.0 Å². The first-order valence-electron chi connectivity index (χ1n) is 4.07. The molecule has 0 aromatic carbocycles. The number of aliphatic hydroxyl groups excluding tert-OH is 1. The number of rotatable bonds is 5. The van der Waals surface area contributed by atoms with E-state index in [1.165, 1.54) is 11.8 Å². The van der Waals surface area contributed by atoms with Crippen molar-refractivity contribution in [1.82, 2.24) is 10.6 Å². The number of hydrogen-bond donors (Lipinski definition) is 3. The summed E-state index contributed by atoms with van der Waals surface area (Å²) >= 11 is 6.22. The highest BCUT2D eigenvalue weighted by atomic mass is 32.2. The van der Waals surface area contributed by atoms with Gasteiger partial charge in [-0.15, -0.1) is 0 Å². The van der Waals surface area contributed by atoms with E-state index in [2.05, 4.69) is 10.6 Å². The van der Waals surface area contributed by atoms with Crippen molar-refractivity contribution in [3.05, 3.63) is 0 Å². The van der Waals surface area contributed by atoms with E-state index in [1.54, 1.807) is 0 Å². The van der Waals surface area contributed by atoms with Crippen molar-refractivity contribution in [3.8, 4) is 0 Å². The van der Waals surface area contributed by atoms with Crippen LogP contribution in [-0.2, 0) is 4.79 Å². The van der Waals surface area contributed by atoms with Crippen LogP contribution < -0.4 is 10.6 Å². The molecule has 1 unspecified atom stereocenters. The molecule has 13 heavy (non-hydrogen) atoms. The number of carbonyl (C=O) groups is 1. The minimum absolute atomic E-state index is 0.0218. The van der Waals surface area contributed by atoms with Crippen molar-refractivity contribution in [1.29, 1.82) is 0 Å². The molecule has 1 saturated heterocycles. The molecule has 1 fully saturated rings. The summed E-state index contributed by atoms with van der Waals surface area (Å²) in [7, 11) is 0. The van der Waals surface area contributed by atoms with E-state index in [-0.39, 0.29) is 17.8 Å². The minimum Gasteiger partial charge on any atom is -0.396 e. The van der Waals surface area contributed by atoms with Gasteiger partial charge in [0.15, 0.2) is 0 Å². The smallest absolute Gasteiger partial charge is 0.240 e. The number of thiocarbonyl (C=S) groups is 1. The Morgan fingerprint density at radius 1 is 1.69 bits per heavy atom. The van der Waals surface area contributed by atoms with Crippen molar-refractivity contribution in [2.24, 2.45) is 0 Å². The number of amides is 1. The van der Waals surface area contributed by atoms with Gasteiger partial charge in [0.05, 0.1) is 0 Å². The van der Waals surface area contributed by atoms with Gasteiger partial charge in [-0.25, -0.2) is 0 Å². The van der Waals surface area contributed by atoms with Crippen LogP contribution in [0, 0.1) is 0 Å². The summed E-state index contributed by atoms with van der Waals surface area (Å²) in [6.07, 6.45) is 0.712. The maximum Gasteiger partial charge on any atom is 0.240 e. The predicted molar refractivity (Wildman–Crippen MR) is 56.7 cm³/mol. The summed E-state index contributed by atoms with van der Waals surface area (Å²) < 4.78 is 0.555. The zero-order chi connectivity index (χ0) is 9.68. The van der Waals surface area contributed by atoms with Crippen LogP contribution >= 0.6 is 24.0 Å². The van der Waals surface area contributed by atoms with Crippen LogP contribution in [0.4, 0.5) is 0 Å². The lowest BCUT2D eigenvalue weighted by Gasteiger charge is -2.06. The molecule has 4 nitrogen and oxygen atoms in total. The average Bonchev–Trinajstić information content (AvgIpc) is 2.39. The van der Waals surface area contributed by atoms with Gasteiger partial charge in [0.1, 0.15) is 9.57 Å². The number of hydrogen-bond acceptors (Lipinski definition) is 5. The Morgan fingerprint density at radius 3 is 3.00 bits per heavy atom. The third-order valence-electron chi connectivity index (χ3n) is 1.61. The van der Waals surface area contributed by atoms with Crippen molar-refractivity contribution in [3.63, 3.8) is 0 Å². The van der Waals surface area contributed by atoms with E-state index in [0.717, 1.165) is 6.54 Å². The maximum absolute atomic E-state index is 11.1. The molecule has 3 N–H and O–H groups in total. The third-order valence-corrected chi connectivity index (χ3v) is 2.98. The average molecular weight is 220 g/mol. The zero-order valence-corrected chi connectivity index (χ0v) is 8.71. The minimum atomic E-state index is -0.105. The molecular weight excluding hydrogens is 208 g/mol. The molecule has 0 aromatic rings. The third kappa shape index (κ3) is 3.60. The molecule has 1 atom stereocenters. The molecule has 1 aliphatic heterocycles. The van der Waals surface area contributed by atoms with Crippen molar-refractivity contribution in [2.75, 3.05) is 19.7 Å². The molecule has 0 aliphatic carbocycles. The largest absolute Gasteiger partial charge is 0.396 e. The van der Waals surface area contributed by atoms with Crippen molar-refractivity contribution in [2.45, 2.75) is 11.7 Å². The standard InChI is InChI=1S/C7H12N2O2S2/c10-3-1-2-8-4-5-6(11)9-7(12)13-5/h5,8,10H,1-4H2,(H,9,11,12). The summed E-state index contributed by atoms with van der Waals surface area (Å²) in [5, 5.41) is 14.1. The van der Waals surface area contributed by atoms with Gasteiger partial charge < -0.3 is 15.7 Å². The predicted octanol–water partition coefficient (Wildman–Crippen LogP) is -0.525. The summed E-state index contributed by atoms with van der Waals surface area (Å²) in [5.41, 5.74) is 0. The first kappa shape index (κ1) is 10.9. The highest BCUT2D eigenvalue weighted by Gasteiger charge is 2.28. The van der Waals surface area contributed by atoms with E-state index in [9.17, 15) is 4.79 Å². The molecule has 0 aromatic heterocycles. The Kier molecular flexibility index (Phi) is 4.65. The van der Waals surface area contributed by atoms with Gasteiger partial charge in [0.25, 0.3) is 0 Å². The van der Waals surface area contributed by atoms with Crippen molar-refractivity contribution < 1.29 is 9.90 Å². The highest BCUT2D eigenvalue weighted by molar-refractivity contribution is 8.24. The lowest BCUT2D eigenvalue weighted by molar-refractivity contribution is -0.118. The molecule has 1 aliphatic rings. The van der Waals surface area contributed by atoms with E-state index < -0.39 is 0 Å².